The number of rotatable bonds is 4. The van der Waals surface area contributed by atoms with Crippen LogP contribution in [0.15, 0.2) is 48.5 Å². The molecule has 3 N–H and O–H groups in total. The minimum absolute atomic E-state index is 0.0236. The van der Waals surface area contributed by atoms with Gasteiger partial charge in [-0.3, -0.25) is 9.59 Å². The molecular formula is C20H19N3O4. The van der Waals surface area contributed by atoms with E-state index in [1.165, 1.54) is 11.5 Å². The van der Waals surface area contributed by atoms with Crippen molar-refractivity contribution < 1.29 is 19.1 Å². The van der Waals surface area contributed by atoms with Gasteiger partial charge in [0.15, 0.2) is 0 Å². The molecule has 0 saturated carbocycles. The molecule has 138 valence electrons. The molecule has 1 heterocycles. The molecule has 27 heavy (non-hydrogen) atoms. The molecule has 0 saturated heterocycles. The van der Waals surface area contributed by atoms with Gasteiger partial charge in [-0.05, 0) is 25.1 Å². The smallest absolute Gasteiger partial charge is 0.419 e. The van der Waals surface area contributed by atoms with Gasteiger partial charge in [0.1, 0.15) is 5.69 Å². The number of anilines is 2. The Morgan fingerprint density at radius 1 is 1.11 bits per heavy atom. The Morgan fingerprint density at radius 2 is 1.81 bits per heavy atom. The number of fused-ring (bicyclic) bond motifs is 1. The number of amides is 1. The van der Waals surface area contributed by atoms with Crippen molar-refractivity contribution in [3.05, 3.63) is 59.8 Å². The Labute approximate surface area is 155 Å². The number of benzene rings is 2. The van der Waals surface area contributed by atoms with Crippen molar-refractivity contribution >= 4 is 40.1 Å². The van der Waals surface area contributed by atoms with Crippen molar-refractivity contribution in [3.63, 3.8) is 0 Å². The first-order valence-corrected chi connectivity index (χ1v) is 8.42. The number of carbonyl (C=O) groups excluding carboxylic acids is 3. The Hall–Kier alpha value is -3.61. The maximum atomic E-state index is 13.2. The summed E-state index contributed by atoms with van der Waals surface area (Å²) in [5.41, 5.74) is 7.37. The van der Waals surface area contributed by atoms with Gasteiger partial charge in [0, 0.05) is 23.6 Å². The van der Waals surface area contributed by atoms with E-state index in [1.807, 2.05) is 0 Å². The summed E-state index contributed by atoms with van der Waals surface area (Å²) in [4.78, 5) is 37.6. The predicted molar refractivity (Wildman–Crippen MR) is 103 cm³/mol. The highest BCUT2D eigenvalue weighted by molar-refractivity contribution is 6.21. The fourth-order valence-electron chi connectivity index (χ4n) is 2.93. The third kappa shape index (κ3) is 3.39. The summed E-state index contributed by atoms with van der Waals surface area (Å²) in [6, 6.07) is 13.4. The van der Waals surface area contributed by atoms with Crippen molar-refractivity contribution in [2.24, 2.45) is 0 Å². The Balaban J connectivity index is 2.36. The summed E-state index contributed by atoms with van der Waals surface area (Å²) in [5.74, 6) is -0.787. The first-order chi connectivity index (χ1) is 12.9. The van der Waals surface area contributed by atoms with Gasteiger partial charge in [-0.1, -0.05) is 30.3 Å². The van der Waals surface area contributed by atoms with Crippen LogP contribution in [-0.4, -0.2) is 29.0 Å². The number of hydrogen-bond acceptors (Lipinski definition) is 5. The van der Waals surface area contributed by atoms with Gasteiger partial charge in [-0.2, -0.15) is 0 Å². The van der Waals surface area contributed by atoms with Crippen LogP contribution in [0.25, 0.3) is 10.9 Å². The van der Waals surface area contributed by atoms with Crippen molar-refractivity contribution in [2.45, 2.75) is 13.8 Å². The average molecular weight is 365 g/mol. The van der Waals surface area contributed by atoms with E-state index in [9.17, 15) is 14.4 Å². The molecule has 0 fully saturated rings. The summed E-state index contributed by atoms with van der Waals surface area (Å²) in [5, 5.41) is 3.15. The van der Waals surface area contributed by atoms with Gasteiger partial charge in [0.2, 0.25) is 11.7 Å². The Bertz CT molecular complexity index is 1040. The number of nitrogen functional groups attached to an aromatic ring is 1. The van der Waals surface area contributed by atoms with Gasteiger partial charge < -0.3 is 15.8 Å². The van der Waals surface area contributed by atoms with Crippen LogP contribution in [0, 0.1) is 0 Å². The van der Waals surface area contributed by atoms with E-state index in [-0.39, 0.29) is 23.9 Å². The topological polar surface area (TPSA) is 103 Å². The van der Waals surface area contributed by atoms with E-state index < -0.39 is 11.9 Å². The maximum Gasteiger partial charge on any atom is 0.419 e. The lowest BCUT2D eigenvalue weighted by Gasteiger charge is -2.10. The summed E-state index contributed by atoms with van der Waals surface area (Å²) in [6.45, 7) is 3.15. The Morgan fingerprint density at radius 3 is 2.44 bits per heavy atom. The molecule has 0 aliphatic carbocycles. The first-order valence-electron chi connectivity index (χ1n) is 8.42. The van der Waals surface area contributed by atoms with E-state index in [4.69, 9.17) is 10.5 Å². The molecule has 7 nitrogen and oxygen atoms in total. The van der Waals surface area contributed by atoms with Crippen LogP contribution in [0.1, 0.15) is 29.9 Å². The van der Waals surface area contributed by atoms with Gasteiger partial charge >= 0.3 is 6.09 Å². The number of ketones is 1. The fourth-order valence-corrected chi connectivity index (χ4v) is 2.93. The van der Waals surface area contributed by atoms with E-state index in [1.54, 1.807) is 55.5 Å². The molecular weight excluding hydrogens is 346 g/mol. The van der Waals surface area contributed by atoms with E-state index in [0.717, 1.165) is 0 Å². The quantitative estimate of drug-likeness (QED) is 0.545. The molecule has 1 amide bonds. The molecule has 3 rings (SSSR count). The van der Waals surface area contributed by atoms with Crippen LogP contribution in [0.5, 0.6) is 0 Å². The highest BCUT2D eigenvalue weighted by atomic mass is 16.5. The second-order valence-electron chi connectivity index (χ2n) is 5.91. The highest BCUT2D eigenvalue weighted by Crippen LogP contribution is 2.34. The van der Waals surface area contributed by atoms with Crippen molar-refractivity contribution in [3.8, 4) is 0 Å². The number of nitrogens with one attached hydrogen (secondary N) is 1. The molecule has 0 radical (unpaired) electrons. The standard InChI is InChI=1S/C20H19N3O4/c1-3-27-20(26)23-16-10-9-14(21)11-15(16)17(22-12(2)24)18(23)19(25)13-7-5-4-6-8-13/h4-11H,3,21H2,1-2H3,(H,22,24). The SMILES string of the molecule is CCOC(=O)n1c(C(=O)c2ccccc2)c(NC(C)=O)c2cc(N)ccc21. The summed E-state index contributed by atoms with van der Waals surface area (Å²) < 4.78 is 6.32. The minimum atomic E-state index is -0.705. The normalized spacial score (nSPS) is 10.6. The van der Waals surface area contributed by atoms with Crippen LogP contribution < -0.4 is 11.1 Å². The predicted octanol–water partition coefficient (Wildman–Crippen LogP) is 3.42. The van der Waals surface area contributed by atoms with E-state index in [2.05, 4.69) is 5.32 Å². The first kappa shape index (κ1) is 18.2. The fraction of sp³-hybridized carbons (Fsp3) is 0.150. The lowest BCUT2D eigenvalue weighted by Crippen LogP contribution is -2.21. The number of aromatic nitrogens is 1. The number of ether oxygens (including phenoxy) is 1. The minimum Gasteiger partial charge on any atom is -0.449 e. The molecule has 0 unspecified atom stereocenters. The molecule has 0 atom stereocenters. The van der Waals surface area contributed by atoms with Gasteiger partial charge in [0.25, 0.3) is 0 Å². The monoisotopic (exact) mass is 365 g/mol. The molecule has 3 aromatic rings. The molecule has 2 aromatic carbocycles. The van der Waals surface area contributed by atoms with Crippen molar-refractivity contribution in [2.75, 3.05) is 17.7 Å². The zero-order valence-corrected chi connectivity index (χ0v) is 15.0. The molecule has 0 aliphatic heterocycles. The van der Waals surface area contributed by atoms with Crippen LogP contribution >= 0.6 is 0 Å². The van der Waals surface area contributed by atoms with E-state index >= 15 is 0 Å². The van der Waals surface area contributed by atoms with Crippen LogP contribution in [-0.2, 0) is 9.53 Å². The van der Waals surface area contributed by atoms with Gasteiger partial charge in [0.05, 0.1) is 17.8 Å². The van der Waals surface area contributed by atoms with Crippen LogP contribution in [0.4, 0.5) is 16.2 Å². The maximum absolute atomic E-state index is 13.2. The molecule has 0 spiro atoms. The van der Waals surface area contributed by atoms with Crippen molar-refractivity contribution in [1.82, 2.24) is 4.57 Å². The molecule has 0 bridgehead atoms. The van der Waals surface area contributed by atoms with Gasteiger partial charge in [-0.15, -0.1) is 0 Å². The largest absolute Gasteiger partial charge is 0.449 e. The third-order valence-electron chi connectivity index (χ3n) is 3.99. The molecule has 0 aliphatic rings. The van der Waals surface area contributed by atoms with Crippen LogP contribution in [0.3, 0.4) is 0 Å². The lowest BCUT2D eigenvalue weighted by molar-refractivity contribution is -0.114. The number of nitrogens with two attached hydrogens (primary N) is 1. The number of carbonyl (C=O) groups is 3. The zero-order valence-electron chi connectivity index (χ0n) is 15.0. The van der Waals surface area contributed by atoms with E-state index in [0.29, 0.717) is 22.2 Å². The second-order valence-corrected chi connectivity index (χ2v) is 5.91. The third-order valence-corrected chi connectivity index (χ3v) is 3.99. The number of nitrogens with zero attached hydrogens (tertiary/aromatic N) is 1. The Kier molecular flexibility index (Phi) is 4.94. The summed E-state index contributed by atoms with van der Waals surface area (Å²) >= 11 is 0. The summed E-state index contributed by atoms with van der Waals surface area (Å²) in [7, 11) is 0. The van der Waals surface area contributed by atoms with Crippen LogP contribution in [0.2, 0.25) is 0 Å². The second kappa shape index (κ2) is 7.33. The number of hydrogen-bond donors (Lipinski definition) is 2. The van der Waals surface area contributed by atoms with Gasteiger partial charge in [-0.25, -0.2) is 9.36 Å². The lowest BCUT2D eigenvalue weighted by atomic mass is 10.1. The molecule has 7 heteroatoms. The van der Waals surface area contributed by atoms with Crippen molar-refractivity contribution in [1.29, 1.82) is 0 Å². The highest BCUT2D eigenvalue weighted by Gasteiger charge is 2.28. The zero-order chi connectivity index (χ0) is 19.6. The summed E-state index contributed by atoms with van der Waals surface area (Å²) in [6.07, 6.45) is -0.705. The average Bonchev–Trinajstić information content (AvgIpc) is 2.95. The molecule has 1 aromatic heterocycles.